The first-order valence-electron chi connectivity index (χ1n) is 8.27. The normalized spacial score (nSPS) is 23.0. The molecule has 1 aromatic heterocycles. The maximum atomic E-state index is 12.8. The predicted octanol–water partition coefficient (Wildman–Crippen LogP) is 3.22. The van der Waals surface area contributed by atoms with Gasteiger partial charge in [-0.1, -0.05) is 31.7 Å². The van der Waals surface area contributed by atoms with Gasteiger partial charge in [0.2, 0.25) is 0 Å². The van der Waals surface area contributed by atoms with E-state index >= 15 is 0 Å². The van der Waals surface area contributed by atoms with E-state index in [1.165, 1.54) is 25.7 Å². The number of allylic oxidation sites excluding steroid dienone is 1. The van der Waals surface area contributed by atoms with E-state index in [1.54, 1.807) is 18.3 Å². The number of amides is 3. The molecule has 1 aliphatic heterocycles. The van der Waals surface area contributed by atoms with Crippen molar-refractivity contribution in [1.82, 2.24) is 16.0 Å². The van der Waals surface area contributed by atoms with Gasteiger partial charge in [0.25, 0.3) is 5.91 Å². The zero-order chi connectivity index (χ0) is 16.2. The Morgan fingerprint density at radius 2 is 2.00 bits per heavy atom. The van der Waals surface area contributed by atoms with E-state index < -0.39 is 0 Å². The molecule has 1 saturated carbocycles. The molecule has 3 N–H and O–H groups in total. The molecule has 1 atom stereocenters. The molecule has 0 bridgehead atoms. The van der Waals surface area contributed by atoms with Gasteiger partial charge in [-0.25, -0.2) is 4.79 Å². The van der Waals surface area contributed by atoms with Crippen molar-refractivity contribution < 1.29 is 9.59 Å². The van der Waals surface area contributed by atoms with E-state index in [0.717, 1.165) is 17.7 Å². The molecule has 0 radical (unpaired) electrons. The lowest BCUT2D eigenvalue weighted by atomic mass is 9.99. The number of carbonyl (C=O) groups excluding carboxylic acids is 2. The smallest absolute Gasteiger partial charge is 0.319 e. The summed E-state index contributed by atoms with van der Waals surface area (Å²) >= 11 is 1.55. The minimum Gasteiger partial charge on any atom is -0.349 e. The van der Waals surface area contributed by atoms with Crippen molar-refractivity contribution >= 4 is 23.3 Å². The molecule has 1 aromatic rings. The van der Waals surface area contributed by atoms with Crippen LogP contribution in [0.5, 0.6) is 0 Å². The molecule has 3 amide bonds. The van der Waals surface area contributed by atoms with Crippen molar-refractivity contribution in [3.8, 4) is 0 Å². The van der Waals surface area contributed by atoms with Crippen LogP contribution in [0.25, 0.3) is 0 Å². The SMILES string of the molecule is CC1=C(C(=O)NC2CCCCCC2)C(c2cccs2)NC(=O)N1. The Labute approximate surface area is 140 Å². The van der Waals surface area contributed by atoms with Crippen LogP contribution in [0.15, 0.2) is 28.8 Å². The molecule has 2 aliphatic rings. The van der Waals surface area contributed by atoms with Gasteiger partial charge < -0.3 is 16.0 Å². The fraction of sp³-hybridized carbons (Fsp3) is 0.529. The molecular formula is C17H23N3O2S. The van der Waals surface area contributed by atoms with Crippen LogP contribution in [-0.4, -0.2) is 18.0 Å². The van der Waals surface area contributed by atoms with Crippen LogP contribution in [-0.2, 0) is 4.79 Å². The summed E-state index contributed by atoms with van der Waals surface area (Å²) in [5.41, 5.74) is 1.26. The standard InChI is InChI=1S/C17H23N3O2S/c1-11-14(16(21)19-12-7-4-2-3-5-8-12)15(20-17(22)18-11)13-9-6-10-23-13/h6,9-10,12,15H,2-5,7-8H2,1H3,(H,19,21)(H2,18,20,22). The number of rotatable bonds is 3. The van der Waals surface area contributed by atoms with Gasteiger partial charge in [-0.2, -0.15) is 0 Å². The Balaban J connectivity index is 1.80. The van der Waals surface area contributed by atoms with Crippen LogP contribution in [0.3, 0.4) is 0 Å². The van der Waals surface area contributed by atoms with Gasteiger partial charge in [-0.15, -0.1) is 11.3 Å². The van der Waals surface area contributed by atoms with E-state index in [-0.39, 0.29) is 24.0 Å². The molecule has 1 aliphatic carbocycles. The molecule has 2 heterocycles. The Morgan fingerprint density at radius 1 is 1.26 bits per heavy atom. The van der Waals surface area contributed by atoms with Crippen molar-refractivity contribution in [3.63, 3.8) is 0 Å². The van der Waals surface area contributed by atoms with Crippen LogP contribution in [0.1, 0.15) is 56.4 Å². The monoisotopic (exact) mass is 333 g/mol. The van der Waals surface area contributed by atoms with Crippen molar-refractivity contribution in [2.75, 3.05) is 0 Å². The number of urea groups is 1. The average molecular weight is 333 g/mol. The van der Waals surface area contributed by atoms with Crippen LogP contribution in [0.2, 0.25) is 0 Å². The average Bonchev–Trinajstić information content (AvgIpc) is 2.92. The molecule has 6 heteroatoms. The van der Waals surface area contributed by atoms with Gasteiger partial charge in [-0.3, -0.25) is 4.79 Å². The summed E-state index contributed by atoms with van der Waals surface area (Å²) in [7, 11) is 0. The highest BCUT2D eigenvalue weighted by Crippen LogP contribution is 2.30. The van der Waals surface area contributed by atoms with Gasteiger partial charge >= 0.3 is 6.03 Å². The minimum absolute atomic E-state index is 0.0692. The molecule has 3 rings (SSSR count). The third-order valence-corrected chi connectivity index (χ3v) is 5.47. The second-order valence-electron chi connectivity index (χ2n) is 6.25. The predicted molar refractivity (Wildman–Crippen MR) is 91.1 cm³/mol. The highest BCUT2D eigenvalue weighted by atomic mass is 32.1. The van der Waals surface area contributed by atoms with Crippen LogP contribution < -0.4 is 16.0 Å². The van der Waals surface area contributed by atoms with E-state index in [4.69, 9.17) is 0 Å². The summed E-state index contributed by atoms with van der Waals surface area (Å²) in [6.07, 6.45) is 6.94. The van der Waals surface area contributed by atoms with E-state index in [0.29, 0.717) is 11.3 Å². The topological polar surface area (TPSA) is 70.2 Å². The largest absolute Gasteiger partial charge is 0.349 e. The third-order valence-electron chi connectivity index (χ3n) is 4.53. The molecule has 23 heavy (non-hydrogen) atoms. The molecule has 0 aromatic carbocycles. The van der Waals surface area contributed by atoms with E-state index in [1.807, 2.05) is 17.5 Å². The number of carbonyl (C=O) groups is 2. The maximum Gasteiger partial charge on any atom is 0.319 e. The van der Waals surface area contributed by atoms with E-state index in [9.17, 15) is 9.59 Å². The lowest BCUT2D eigenvalue weighted by molar-refractivity contribution is -0.118. The van der Waals surface area contributed by atoms with Gasteiger partial charge in [0.05, 0.1) is 11.6 Å². The summed E-state index contributed by atoms with van der Waals surface area (Å²) in [4.78, 5) is 25.6. The molecular weight excluding hydrogens is 310 g/mol. The maximum absolute atomic E-state index is 12.8. The minimum atomic E-state index is -0.366. The summed E-state index contributed by atoms with van der Waals surface area (Å²) in [5.74, 6) is -0.0692. The number of thiophene rings is 1. The summed E-state index contributed by atoms with van der Waals surface area (Å²) in [6, 6.07) is 3.51. The van der Waals surface area contributed by atoms with Gasteiger partial charge in [0, 0.05) is 16.6 Å². The zero-order valence-corrected chi connectivity index (χ0v) is 14.2. The molecule has 0 spiro atoms. The van der Waals surface area contributed by atoms with Crippen molar-refractivity contribution in [2.24, 2.45) is 0 Å². The third kappa shape index (κ3) is 3.75. The van der Waals surface area contributed by atoms with E-state index in [2.05, 4.69) is 16.0 Å². The molecule has 1 unspecified atom stereocenters. The first-order chi connectivity index (χ1) is 11.1. The Morgan fingerprint density at radius 3 is 2.65 bits per heavy atom. The second-order valence-corrected chi connectivity index (χ2v) is 7.23. The fourth-order valence-electron chi connectivity index (χ4n) is 3.35. The summed E-state index contributed by atoms with van der Waals surface area (Å²) in [6.45, 7) is 1.79. The highest BCUT2D eigenvalue weighted by Gasteiger charge is 2.32. The number of nitrogens with one attached hydrogen (secondary N) is 3. The lowest BCUT2D eigenvalue weighted by Gasteiger charge is -2.29. The fourth-order valence-corrected chi connectivity index (χ4v) is 4.13. The summed E-state index contributed by atoms with van der Waals surface area (Å²) in [5, 5.41) is 10.7. The molecule has 5 nitrogen and oxygen atoms in total. The van der Waals surface area contributed by atoms with Crippen LogP contribution in [0, 0.1) is 0 Å². The Bertz CT molecular complexity index is 601. The number of hydrogen-bond donors (Lipinski definition) is 3. The van der Waals surface area contributed by atoms with Crippen LogP contribution in [0.4, 0.5) is 4.79 Å². The highest BCUT2D eigenvalue weighted by molar-refractivity contribution is 7.10. The molecule has 1 fully saturated rings. The molecule has 124 valence electrons. The second kappa shape index (κ2) is 7.17. The Hall–Kier alpha value is -1.82. The number of hydrogen-bond acceptors (Lipinski definition) is 3. The lowest BCUT2D eigenvalue weighted by Crippen LogP contribution is -2.48. The van der Waals surface area contributed by atoms with Crippen molar-refractivity contribution in [1.29, 1.82) is 0 Å². The van der Waals surface area contributed by atoms with Gasteiger partial charge in [0.15, 0.2) is 0 Å². The van der Waals surface area contributed by atoms with Crippen molar-refractivity contribution in [3.05, 3.63) is 33.7 Å². The van der Waals surface area contributed by atoms with Crippen molar-refractivity contribution in [2.45, 2.75) is 57.5 Å². The van der Waals surface area contributed by atoms with Gasteiger partial charge in [0.1, 0.15) is 0 Å². The zero-order valence-electron chi connectivity index (χ0n) is 13.4. The Kier molecular flexibility index (Phi) is 5.00. The molecule has 0 saturated heterocycles. The quantitative estimate of drug-likeness (QED) is 0.743. The first-order valence-corrected chi connectivity index (χ1v) is 9.15. The van der Waals surface area contributed by atoms with Crippen LogP contribution >= 0.6 is 11.3 Å². The van der Waals surface area contributed by atoms with Gasteiger partial charge in [-0.05, 0) is 31.2 Å². The summed E-state index contributed by atoms with van der Waals surface area (Å²) < 4.78 is 0. The first kappa shape index (κ1) is 16.1.